The Kier molecular flexibility index (Phi) is 10.8. The van der Waals surface area contributed by atoms with Crippen molar-refractivity contribution in [3.8, 4) is 6.07 Å². The summed E-state index contributed by atoms with van der Waals surface area (Å²) in [4.78, 5) is 62.2. The van der Waals surface area contributed by atoms with Gasteiger partial charge < -0.3 is 30.9 Å². The van der Waals surface area contributed by atoms with Crippen LogP contribution in [0.2, 0.25) is 0 Å². The number of hydrogen-bond donors (Lipinski definition) is 3. The summed E-state index contributed by atoms with van der Waals surface area (Å²) in [6, 6.07) is 2.18. The Morgan fingerprint density at radius 3 is 2.77 bits per heavy atom. The van der Waals surface area contributed by atoms with Gasteiger partial charge in [-0.3, -0.25) is 14.2 Å². The Labute approximate surface area is 232 Å². The van der Waals surface area contributed by atoms with Crippen molar-refractivity contribution < 1.29 is 23.9 Å². The summed E-state index contributed by atoms with van der Waals surface area (Å²) in [6.07, 6.45) is 5.26. The zero-order valence-electron chi connectivity index (χ0n) is 23.1. The van der Waals surface area contributed by atoms with Crippen LogP contribution in [0.5, 0.6) is 0 Å². The van der Waals surface area contributed by atoms with E-state index in [9.17, 15) is 19.2 Å². The zero-order chi connectivity index (χ0) is 29.2. The molecule has 3 heterocycles. The fourth-order valence-corrected chi connectivity index (χ4v) is 4.87. The molecule has 0 spiro atoms. The largest absolute Gasteiger partial charge is 0.467 e. The molecule has 0 bridgehead atoms. The van der Waals surface area contributed by atoms with Crippen LogP contribution in [0.3, 0.4) is 0 Å². The first-order valence-corrected chi connectivity index (χ1v) is 13.3. The molecular weight excluding hydrogens is 518 g/mol. The van der Waals surface area contributed by atoms with E-state index in [-0.39, 0.29) is 30.8 Å². The summed E-state index contributed by atoms with van der Waals surface area (Å²) in [6.45, 7) is 3.29. The summed E-state index contributed by atoms with van der Waals surface area (Å²) < 4.78 is 6.04. The number of anilines is 1. The molecule has 3 atom stereocenters. The highest BCUT2D eigenvalue weighted by Gasteiger charge is 2.33. The van der Waals surface area contributed by atoms with Crippen molar-refractivity contribution in [3.63, 3.8) is 0 Å². The van der Waals surface area contributed by atoms with Gasteiger partial charge in [-0.25, -0.2) is 19.6 Å². The molecule has 0 saturated carbocycles. The Morgan fingerprint density at radius 2 is 2.08 bits per heavy atom. The van der Waals surface area contributed by atoms with Crippen LogP contribution in [0.4, 0.5) is 10.6 Å². The predicted molar refractivity (Wildman–Crippen MR) is 146 cm³/mol. The quantitative estimate of drug-likeness (QED) is 0.258. The van der Waals surface area contributed by atoms with Gasteiger partial charge in [0.1, 0.15) is 24.6 Å². The monoisotopic (exact) mass is 555 g/mol. The van der Waals surface area contributed by atoms with Crippen LogP contribution < -0.4 is 21.3 Å². The van der Waals surface area contributed by atoms with Crippen LogP contribution in [0.25, 0.3) is 11.0 Å². The van der Waals surface area contributed by atoms with E-state index in [1.807, 2.05) is 18.0 Å². The minimum absolute atomic E-state index is 0.0528. The molecule has 3 amide bonds. The molecule has 3 rings (SSSR count). The van der Waals surface area contributed by atoms with Gasteiger partial charge >= 0.3 is 12.0 Å². The first kappa shape index (κ1) is 30.3. The van der Waals surface area contributed by atoms with E-state index < -0.39 is 23.9 Å². The van der Waals surface area contributed by atoms with Crippen molar-refractivity contribution in [2.45, 2.75) is 51.1 Å². The number of fused-ring (bicyclic) bond motifs is 1. The molecular formula is C26H37N9O5. The van der Waals surface area contributed by atoms with Crippen LogP contribution in [-0.2, 0) is 19.1 Å². The Morgan fingerprint density at radius 1 is 1.30 bits per heavy atom. The van der Waals surface area contributed by atoms with Gasteiger partial charge in [0, 0.05) is 26.3 Å². The number of nitrogens with two attached hydrogens (primary N) is 1. The zero-order valence-corrected chi connectivity index (χ0v) is 23.1. The molecule has 2 aromatic rings. The summed E-state index contributed by atoms with van der Waals surface area (Å²) >= 11 is 0. The molecule has 4 N–H and O–H groups in total. The number of aromatic nitrogens is 3. The summed E-state index contributed by atoms with van der Waals surface area (Å²) in [5.41, 5.74) is 5.85. The minimum Gasteiger partial charge on any atom is -0.467 e. The molecule has 40 heavy (non-hydrogen) atoms. The van der Waals surface area contributed by atoms with Crippen LogP contribution in [0, 0.1) is 17.2 Å². The van der Waals surface area contributed by atoms with Crippen molar-refractivity contribution in [1.82, 2.24) is 30.1 Å². The second kappa shape index (κ2) is 14.2. The van der Waals surface area contributed by atoms with E-state index in [0.29, 0.717) is 55.7 Å². The smallest absolute Gasteiger partial charge is 0.328 e. The maximum absolute atomic E-state index is 12.9. The van der Waals surface area contributed by atoms with E-state index in [1.54, 1.807) is 17.2 Å². The second-order valence-corrected chi connectivity index (χ2v) is 9.83. The predicted octanol–water partition coefficient (Wildman–Crippen LogP) is 0.363. The van der Waals surface area contributed by atoms with Gasteiger partial charge in [-0.2, -0.15) is 5.26 Å². The average molecular weight is 556 g/mol. The maximum Gasteiger partial charge on any atom is 0.328 e. The van der Waals surface area contributed by atoms with E-state index >= 15 is 0 Å². The first-order chi connectivity index (χ1) is 19.2. The molecule has 1 fully saturated rings. The van der Waals surface area contributed by atoms with Crippen LogP contribution in [0.15, 0.2) is 18.6 Å². The van der Waals surface area contributed by atoms with E-state index in [1.165, 1.54) is 18.0 Å². The first-order valence-electron chi connectivity index (χ1n) is 13.3. The third-order valence-electron chi connectivity index (χ3n) is 7.18. The van der Waals surface area contributed by atoms with Crippen LogP contribution >= 0.6 is 0 Å². The van der Waals surface area contributed by atoms with Crippen molar-refractivity contribution in [2.75, 3.05) is 45.2 Å². The molecule has 0 unspecified atom stereocenters. The second-order valence-electron chi connectivity index (χ2n) is 9.83. The Bertz CT molecular complexity index is 1260. The number of ether oxygens (including phenoxy) is 1. The molecule has 14 nitrogen and oxygen atoms in total. The highest BCUT2D eigenvalue weighted by atomic mass is 16.5. The van der Waals surface area contributed by atoms with Crippen molar-refractivity contribution in [2.24, 2.45) is 11.7 Å². The van der Waals surface area contributed by atoms with Gasteiger partial charge in [-0.1, -0.05) is 6.92 Å². The normalized spacial score (nSPS) is 17.5. The van der Waals surface area contributed by atoms with Gasteiger partial charge in [0.05, 0.1) is 31.2 Å². The SMILES string of the molecule is COC(=O)[C@H](CCCCN)NC(=O)CNC(=O)n1ccc2c(N(C)[C@H]3CN(C(=O)CC#N)CC[C@H]3C)ncnc21. The molecule has 1 saturated heterocycles. The number of carbonyl (C=O) groups is 4. The van der Waals surface area contributed by atoms with Gasteiger partial charge in [-0.05, 0) is 44.2 Å². The van der Waals surface area contributed by atoms with E-state index in [4.69, 9.17) is 15.7 Å². The van der Waals surface area contributed by atoms with Crippen LogP contribution in [-0.4, -0.2) is 95.7 Å². The lowest BCUT2D eigenvalue weighted by molar-refractivity contribution is -0.145. The number of piperidine rings is 1. The van der Waals surface area contributed by atoms with Gasteiger partial charge in [0.15, 0.2) is 5.65 Å². The van der Waals surface area contributed by atoms with Crippen molar-refractivity contribution in [1.29, 1.82) is 5.26 Å². The lowest BCUT2D eigenvalue weighted by Crippen LogP contribution is -2.52. The molecule has 1 aliphatic heterocycles. The lowest BCUT2D eigenvalue weighted by atomic mass is 9.92. The average Bonchev–Trinajstić information content (AvgIpc) is 3.39. The van der Waals surface area contributed by atoms with Crippen molar-refractivity contribution in [3.05, 3.63) is 18.6 Å². The molecule has 14 heteroatoms. The standard InChI is InChI=1S/C26H37N9O5/c1-17-8-12-34(22(37)7-11-28)15-20(17)33(2)23-18-9-13-35(24(18)31-16-30-23)26(39)29-14-21(36)32-19(25(38)40-3)6-4-5-10-27/h9,13,16-17,19-20H,4-8,10,12,14-15,27H2,1-3H3,(H,29,39)(H,32,36)/t17-,19+,20+/m1/s1. The number of unbranched alkanes of at least 4 members (excludes halogenated alkanes) is 1. The highest BCUT2D eigenvalue weighted by molar-refractivity contribution is 5.96. The molecule has 0 radical (unpaired) electrons. The number of likely N-dealkylation sites (N-methyl/N-ethyl adjacent to an activating group) is 1. The van der Waals surface area contributed by atoms with Crippen molar-refractivity contribution >= 4 is 40.7 Å². The van der Waals surface area contributed by atoms with Gasteiger partial charge in [0.2, 0.25) is 11.8 Å². The van der Waals surface area contributed by atoms with Crippen LogP contribution in [0.1, 0.15) is 39.0 Å². The fourth-order valence-electron chi connectivity index (χ4n) is 4.87. The molecule has 2 aromatic heterocycles. The van der Waals surface area contributed by atoms with E-state index in [2.05, 4.69) is 27.5 Å². The highest BCUT2D eigenvalue weighted by Crippen LogP contribution is 2.29. The molecule has 0 aromatic carbocycles. The topological polar surface area (TPSA) is 189 Å². The number of carbonyl (C=O) groups excluding carboxylic acids is 4. The third kappa shape index (κ3) is 7.23. The van der Waals surface area contributed by atoms with Gasteiger partial charge in [-0.15, -0.1) is 0 Å². The summed E-state index contributed by atoms with van der Waals surface area (Å²) in [5, 5.41) is 14.7. The van der Waals surface area contributed by atoms with Gasteiger partial charge in [0.25, 0.3) is 0 Å². The molecule has 1 aliphatic rings. The number of nitrogens with one attached hydrogen (secondary N) is 2. The number of esters is 1. The summed E-state index contributed by atoms with van der Waals surface area (Å²) in [7, 11) is 3.13. The number of hydrogen-bond acceptors (Lipinski definition) is 10. The summed E-state index contributed by atoms with van der Waals surface area (Å²) in [5.74, 6) is -0.440. The Hall–Kier alpha value is -4.25. The minimum atomic E-state index is -0.826. The molecule has 0 aliphatic carbocycles. The number of methoxy groups -OCH3 is 1. The number of nitrogens with zero attached hydrogens (tertiary/aromatic N) is 6. The lowest BCUT2D eigenvalue weighted by Gasteiger charge is -2.42. The Balaban J connectivity index is 1.69. The number of likely N-dealkylation sites (tertiary alicyclic amines) is 1. The maximum atomic E-state index is 12.9. The fraction of sp³-hybridized carbons (Fsp3) is 0.577. The number of amides is 3. The van der Waals surface area contributed by atoms with E-state index in [0.717, 1.165) is 6.42 Å². The number of nitriles is 1. The molecule has 216 valence electrons. The number of rotatable bonds is 11. The third-order valence-corrected chi connectivity index (χ3v) is 7.18.